The van der Waals surface area contributed by atoms with E-state index in [0.717, 1.165) is 19.3 Å². The molecule has 1 aromatic carbocycles. The van der Waals surface area contributed by atoms with Crippen molar-refractivity contribution in [3.8, 4) is 11.5 Å². The Bertz CT molecular complexity index is 482. The van der Waals surface area contributed by atoms with Crippen LogP contribution in [0.1, 0.15) is 43.5 Å². The predicted octanol–water partition coefficient (Wildman–Crippen LogP) is 2.71. The number of phenols is 1. The van der Waals surface area contributed by atoms with Crippen molar-refractivity contribution < 1.29 is 14.6 Å². The van der Waals surface area contributed by atoms with Gasteiger partial charge in [-0.2, -0.15) is 0 Å². The first kappa shape index (κ1) is 13.7. The van der Waals surface area contributed by atoms with Gasteiger partial charge >= 0.3 is 0 Å². The lowest BCUT2D eigenvalue weighted by atomic mass is 9.92. The second-order valence-electron chi connectivity index (χ2n) is 5.96. The molecule has 104 valence electrons. The Hall–Kier alpha value is -1.71. The Labute approximate surface area is 113 Å². The van der Waals surface area contributed by atoms with Crippen LogP contribution in [0.3, 0.4) is 0 Å². The molecular weight excluding hydrogens is 242 g/mol. The molecule has 0 bridgehead atoms. The van der Waals surface area contributed by atoms with Crippen LogP contribution in [0.15, 0.2) is 18.2 Å². The van der Waals surface area contributed by atoms with Crippen LogP contribution >= 0.6 is 0 Å². The van der Waals surface area contributed by atoms with E-state index >= 15 is 0 Å². The number of aromatic hydroxyl groups is 1. The van der Waals surface area contributed by atoms with Crippen molar-refractivity contribution in [2.45, 2.75) is 39.2 Å². The molecule has 1 atom stereocenters. The normalized spacial score (nSPS) is 21.1. The van der Waals surface area contributed by atoms with Gasteiger partial charge in [0.15, 0.2) is 11.5 Å². The number of hydrogen-bond acceptors (Lipinski definition) is 3. The summed E-state index contributed by atoms with van der Waals surface area (Å²) in [5, 5.41) is 12.7. The third-order valence-corrected chi connectivity index (χ3v) is 3.74. The van der Waals surface area contributed by atoms with Gasteiger partial charge in [-0.1, -0.05) is 13.8 Å². The number of carbonyl (C=O) groups is 1. The molecule has 1 aliphatic rings. The molecule has 1 fully saturated rings. The van der Waals surface area contributed by atoms with Crippen molar-refractivity contribution in [3.63, 3.8) is 0 Å². The molecule has 0 aliphatic heterocycles. The van der Waals surface area contributed by atoms with Gasteiger partial charge in [0.1, 0.15) is 0 Å². The molecule has 1 amide bonds. The zero-order valence-electron chi connectivity index (χ0n) is 11.7. The highest BCUT2D eigenvalue weighted by Gasteiger charge is 2.31. The Balaban J connectivity index is 2.02. The Morgan fingerprint density at radius 3 is 2.74 bits per heavy atom. The molecule has 2 N–H and O–H groups in total. The molecule has 1 aromatic rings. The molecular formula is C15H21NO3. The summed E-state index contributed by atoms with van der Waals surface area (Å²) in [5.74, 6) is 0.223. The first-order valence-corrected chi connectivity index (χ1v) is 6.59. The maximum absolute atomic E-state index is 12.1. The van der Waals surface area contributed by atoms with Crippen LogP contribution in [-0.4, -0.2) is 24.2 Å². The van der Waals surface area contributed by atoms with Gasteiger partial charge in [0.2, 0.25) is 0 Å². The molecule has 4 heteroatoms. The Morgan fingerprint density at radius 1 is 1.47 bits per heavy atom. The number of methoxy groups -OCH3 is 1. The van der Waals surface area contributed by atoms with E-state index in [0.29, 0.717) is 16.7 Å². The molecule has 0 heterocycles. The molecule has 0 spiro atoms. The molecule has 1 unspecified atom stereocenters. The summed E-state index contributed by atoms with van der Waals surface area (Å²) < 4.78 is 4.96. The quantitative estimate of drug-likeness (QED) is 0.881. The van der Waals surface area contributed by atoms with Crippen molar-refractivity contribution >= 4 is 5.91 Å². The fourth-order valence-corrected chi connectivity index (χ4v) is 2.66. The van der Waals surface area contributed by atoms with E-state index in [1.165, 1.54) is 13.2 Å². The van der Waals surface area contributed by atoms with E-state index in [4.69, 9.17) is 4.74 Å². The second-order valence-corrected chi connectivity index (χ2v) is 5.96. The molecule has 4 nitrogen and oxygen atoms in total. The average molecular weight is 263 g/mol. The summed E-state index contributed by atoms with van der Waals surface area (Å²) in [7, 11) is 1.48. The molecule has 2 rings (SSSR count). The average Bonchev–Trinajstić information content (AvgIpc) is 2.68. The number of carbonyl (C=O) groups excluding carboxylic acids is 1. The van der Waals surface area contributed by atoms with Crippen molar-refractivity contribution in [2.24, 2.45) is 5.41 Å². The summed E-state index contributed by atoms with van der Waals surface area (Å²) in [6, 6.07) is 4.93. The second kappa shape index (κ2) is 5.11. The molecule has 1 saturated carbocycles. The lowest BCUT2D eigenvalue weighted by Gasteiger charge is -2.18. The first-order valence-electron chi connectivity index (χ1n) is 6.59. The fourth-order valence-electron chi connectivity index (χ4n) is 2.66. The van der Waals surface area contributed by atoms with Gasteiger partial charge in [0, 0.05) is 11.6 Å². The van der Waals surface area contributed by atoms with E-state index in [-0.39, 0.29) is 17.7 Å². The number of hydrogen-bond donors (Lipinski definition) is 2. The number of amides is 1. The van der Waals surface area contributed by atoms with Gasteiger partial charge in [-0.15, -0.1) is 0 Å². The molecule has 0 radical (unpaired) electrons. The molecule has 0 saturated heterocycles. The number of benzene rings is 1. The largest absolute Gasteiger partial charge is 0.504 e. The van der Waals surface area contributed by atoms with Crippen molar-refractivity contribution in [1.82, 2.24) is 5.32 Å². The monoisotopic (exact) mass is 263 g/mol. The Kier molecular flexibility index (Phi) is 3.69. The zero-order valence-corrected chi connectivity index (χ0v) is 11.7. The van der Waals surface area contributed by atoms with E-state index in [1.54, 1.807) is 12.1 Å². The smallest absolute Gasteiger partial charge is 0.251 e. The van der Waals surface area contributed by atoms with Gasteiger partial charge in [-0.05, 0) is 42.9 Å². The van der Waals surface area contributed by atoms with Crippen LogP contribution in [0.25, 0.3) is 0 Å². The van der Waals surface area contributed by atoms with Crippen LogP contribution < -0.4 is 10.1 Å². The predicted molar refractivity (Wildman–Crippen MR) is 73.5 cm³/mol. The van der Waals surface area contributed by atoms with Crippen LogP contribution in [0.5, 0.6) is 11.5 Å². The first-order chi connectivity index (χ1) is 8.91. The van der Waals surface area contributed by atoms with E-state index < -0.39 is 0 Å². The van der Waals surface area contributed by atoms with E-state index in [1.807, 2.05) is 0 Å². The number of rotatable bonds is 3. The minimum absolute atomic E-state index is 0.0121. The van der Waals surface area contributed by atoms with E-state index in [2.05, 4.69) is 19.2 Å². The zero-order chi connectivity index (χ0) is 14.0. The Morgan fingerprint density at radius 2 is 2.21 bits per heavy atom. The number of phenolic OH excluding ortho intramolecular Hbond substituents is 1. The van der Waals surface area contributed by atoms with Gasteiger partial charge in [-0.3, -0.25) is 4.79 Å². The van der Waals surface area contributed by atoms with Crippen molar-refractivity contribution in [2.75, 3.05) is 7.11 Å². The summed E-state index contributed by atoms with van der Waals surface area (Å²) >= 11 is 0. The van der Waals surface area contributed by atoms with E-state index in [9.17, 15) is 9.90 Å². The third-order valence-electron chi connectivity index (χ3n) is 3.74. The number of ether oxygens (including phenoxy) is 1. The van der Waals surface area contributed by atoms with Gasteiger partial charge in [-0.25, -0.2) is 0 Å². The van der Waals surface area contributed by atoms with Crippen LogP contribution in [0, 0.1) is 5.41 Å². The van der Waals surface area contributed by atoms with Gasteiger partial charge in [0.05, 0.1) is 7.11 Å². The standard InChI is InChI=1S/C15H21NO3/c1-15(2)7-6-11(9-15)16-14(18)10-4-5-13(19-3)12(17)8-10/h4-5,8,11,17H,6-7,9H2,1-3H3,(H,16,18). The van der Waals surface area contributed by atoms with Gasteiger partial charge in [0.25, 0.3) is 5.91 Å². The molecule has 19 heavy (non-hydrogen) atoms. The number of nitrogens with one attached hydrogen (secondary N) is 1. The summed E-state index contributed by atoms with van der Waals surface area (Å²) in [5.41, 5.74) is 0.767. The summed E-state index contributed by atoms with van der Waals surface area (Å²) in [6.07, 6.45) is 3.15. The summed E-state index contributed by atoms with van der Waals surface area (Å²) in [6.45, 7) is 4.44. The topological polar surface area (TPSA) is 58.6 Å². The fraction of sp³-hybridized carbons (Fsp3) is 0.533. The van der Waals surface area contributed by atoms with Crippen LogP contribution in [0.2, 0.25) is 0 Å². The SMILES string of the molecule is COc1ccc(C(=O)NC2CCC(C)(C)C2)cc1O. The summed E-state index contributed by atoms with van der Waals surface area (Å²) in [4.78, 5) is 12.1. The maximum Gasteiger partial charge on any atom is 0.251 e. The minimum atomic E-state index is -0.138. The van der Waals surface area contributed by atoms with Crippen LogP contribution in [-0.2, 0) is 0 Å². The van der Waals surface area contributed by atoms with Crippen LogP contribution in [0.4, 0.5) is 0 Å². The van der Waals surface area contributed by atoms with Crippen molar-refractivity contribution in [3.05, 3.63) is 23.8 Å². The van der Waals surface area contributed by atoms with Gasteiger partial charge < -0.3 is 15.2 Å². The third kappa shape index (κ3) is 3.19. The molecule has 1 aliphatic carbocycles. The lowest BCUT2D eigenvalue weighted by Crippen LogP contribution is -2.33. The highest BCUT2D eigenvalue weighted by atomic mass is 16.5. The maximum atomic E-state index is 12.1. The molecule has 0 aromatic heterocycles. The lowest BCUT2D eigenvalue weighted by molar-refractivity contribution is 0.0935. The van der Waals surface area contributed by atoms with Crippen molar-refractivity contribution in [1.29, 1.82) is 0 Å². The minimum Gasteiger partial charge on any atom is -0.504 e. The highest BCUT2D eigenvalue weighted by Crippen LogP contribution is 2.37. The highest BCUT2D eigenvalue weighted by molar-refractivity contribution is 5.95.